The summed E-state index contributed by atoms with van der Waals surface area (Å²) < 4.78 is 5.48. The van der Waals surface area contributed by atoms with Gasteiger partial charge >= 0.3 is 0 Å². The van der Waals surface area contributed by atoms with Crippen molar-refractivity contribution in [3.05, 3.63) is 33.3 Å². The molecule has 1 heterocycles. The molecule has 5 heteroatoms. The number of benzene rings is 1. The van der Waals surface area contributed by atoms with E-state index in [9.17, 15) is 0 Å². The molecule has 0 aromatic heterocycles. The molecule has 2 atom stereocenters. The molecule has 2 N–H and O–H groups in total. The van der Waals surface area contributed by atoms with Crippen molar-refractivity contribution in [2.75, 3.05) is 0 Å². The number of ether oxygens (including phenoxy) is 1. The van der Waals surface area contributed by atoms with Crippen molar-refractivity contribution in [3.8, 4) is 0 Å². The average molecular weight is 269 g/mol. The lowest BCUT2D eigenvalue weighted by Gasteiger charge is -2.29. The summed E-state index contributed by atoms with van der Waals surface area (Å²) in [6, 6.07) is 3.49. The number of halogens is 3. The van der Waals surface area contributed by atoms with Gasteiger partial charge < -0.3 is 10.5 Å². The Labute approximate surface area is 105 Å². The zero-order valence-corrected chi connectivity index (χ0v) is 10.5. The van der Waals surface area contributed by atoms with E-state index in [0.717, 1.165) is 11.1 Å². The van der Waals surface area contributed by atoms with Crippen molar-refractivity contribution < 1.29 is 4.74 Å². The summed E-state index contributed by atoms with van der Waals surface area (Å²) in [7, 11) is 0. The van der Waals surface area contributed by atoms with Gasteiger partial charge in [0.15, 0.2) is 0 Å². The van der Waals surface area contributed by atoms with Crippen molar-refractivity contribution in [2.24, 2.45) is 5.73 Å². The van der Waals surface area contributed by atoms with Crippen LogP contribution in [-0.2, 0) is 11.3 Å². The first-order chi connectivity index (χ1) is 6.61. The summed E-state index contributed by atoms with van der Waals surface area (Å²) in [5.74, 6) is 0. The fraction of sp³-hybridized carbons (Fsp3) is 0.400. The number of hydrogen-bond acceptors (Lipinski definition) is 2. The molecule has 1 aromatic rings. The molecule has 0 spiro atoms. The average Bonchev–Trinajstić information content (AvgIpc) is 2.17. The second-order valence-electron chi connectivity index (χ2n) is 3.48. The fourth-order valence-electron chi connectivity index (χ4n) is 1.65. The normalized spacial score (nSPS) is 24.3. The first kappa shape index (κ1) is 13.1. The van der Waals surface area contributed by atoms with Gasteiger partial charge in [0.05, 0.1) is 28.8 Å². The van der Waals surface area contributed by atoms with E-state index >= 15 is 0 Å². The zero-order valence-electron chi connectivity index (χ0n) is 8.17. The van der Waals surface area contributed by atoms with Gasteiger partial charge in [-0.2, -0.15) is 0 Å². The molecule has 0 aliphatic carbocycles. The lowest BCUT2D eigenvalue weighted by atomic mass is 9.95. The number of fused-ring (bicyclic) bond motifs is 1. The Kier molecular flexibility index (Phi) is 4.27. The Balaban J connectivity index is 0.00000112. The van der Waals surface area contributed by atoms with E-state index in [1.54, 1.807) is 6.07 Å². The smallest absolute Gasteiger partial charge is 0.0744 e. The Morgan fingerprint density at radius 3 is 2.73 bits per heavy atom. The highest BCUT2D eigenvalue weighted by Crippen LogP contribution is 2.37. The molecule has 2 rings (SSSR count). The highest BCUT2D eigenvalue weighted by atomic mass is 35.5. The summed E-state index contributed by atoms with van der Waals surface area (Å²) in [6.07, 6.45) is -0.0153. The maximum absolute atomic E-state index is 6.10. The molecule has 1 aliphatic rings. The molecule has 84 valence electrons. The Bertz CT molecular complexity index is 370. The lowest BCUT2D eigenvalue weighted by Crippen LogP contribution is -2.31. The van der Waals surface area contributed by atoms with Crippen molar-refractivity contribution in [1.82, 2.24) is 0 Å². The van der Waals surface area contributed by atoms with Gasteiger partial charge in [0.2, 0.25) is 0 Å². The standard InChI is InChI=1S/C10H11Cl2NO.ClH/c1-5-10(13)8-6(4-14-5)2-3-7(11)9(8)12;/h2-3,5,10H,4,13H2,1H3;1H/t5-,10-;/m1./s1. The molecule has 2 nitrogen and oxygen atoms in total. The van der Waals surface area contributed by atoms with E-state index in [4.69, 9.17) is 33.7 Å². The van der Waals surface area contributed by atoms with Crippen LogP contribution in [0.4, 0.5) is 0 Å². The predicted octanol–water partition coefficient (Wildman–Crippen LogP) is 3.33. The summed E-state index contributed by atoms with van der Waals surface area (Å²) in [4.78, 5) is 0. The van der Waals surface area contributed by atoms with E-state index in [2.05, 4.69) is 0 Å². The van der Waals surface area contributed by atoms with Crippen LogP contribution in [0, 0.1) is 0 Å². The quantitative estimate of drug-likeness (QED) is 0.783. The van der Waals surface area contributed by atoms with Crippen LogP contribution in [0.25, 0.3) is 0 Å². The Morgan fingerprint density at radius 1 is 1.40 bits per heavy atom. The van der Waals surface area contributed by atoms with E-state index in [0.29, 0.717) is 16.7 Å². The zero-order chi connectivity index (χ0) is 10.3. The minimum atomic E-state index is -0.190. The predicted molar refractivity (Wildman–Crippen MR) is 64.9 cm³/mol. The van der Waals surface area contributed by atoms with Gasteiger partial charge in [-0.3, -0.25) is 0 Å². The summed E-state index contributed by atoms with van der Waals surface area (Å²) >= 11 is 12.0. The fourth-order valence-corrected chi connectivity index (χ4v) is 2.13. The van der Waals surface area contributed by atoms with Crippen LogP contribution in [-0.4, -0.2) is 6.10 Å². The minimum absolute atomic E-state index is 0. The molecular weight excluding hydrogens is 256 g/mol. The molecule has 0 amide bonds. The van der Waals surface area contributed by atoms with Crippen LogP contribution >= 0.6 is 35.6 Å². The number of hydrogen-bond donors (Lipinski definition) is 1. The number of rotatable bonds is 0. The van der Waals surface area contributed by atoms with Gasteiger partial charge in [0.25, 0.3) is 0 Å². The van der Waals surface area contributed by atoms with Gasteiger partial charge in [-0.05, 0) is 24.1 Å². The van der Waals surface area contributed by atoms with Crippen molar-refractivity contribution in [1.29, 1.82) is 0 Å². The van der Waals surface area contributed by atoms with Gasteiger partial charge in [0, 0.05) is 0 Å². The van der Waals surface area contributed by atoms with E-state index in [-0.39, 0.29) is 24.6 Å². The van der Waals surface area contributed by atoms with Crippen molar-refractivity contribution in [3.63, 3.8) is 0 Å². The molecule has 1 aliphatic heterocycles. The molecule has 1 aromatic carbocycles. The van der Waals surface area contributed by atoms with Gasteiger partial charge in [-0.1, -0.05) is 29.3 Å². The van der Waals surface area contributed by atoms with E-state index < -0.39 is 0 Å². The van der Waals surface area contributed by atoms with Gasteiger partial charge in [-0.25, -0.2) is 0 Å². The SMILES string of the molecule is C[C@H]1OCc2ccc(Cl)c(Cl)c2[C@@H]1N.Cl. The second-order valence-corrected chi connectivity index (χ2v) is 4.26. The minimum Gasteiger partial charge on any atom is -0.372 e. The van der Waals surface area contributed by atoms with E-state index in [1.807, 2.05) is 13.0 Å². The van der Waals surface area contributed by atoms with E-state index in [1.165, 1.54) is 0 Å². The van der Waals surface area contributed by atoms with Crippen LogP contribution in [0.3, 0.4) is 0 Å². The topological polar surface area (TPSA) is 35.2 Å². The Morgan fingerprint density at radius 2 is 2.07 bits per heavy atom. The molecule has 0 saturated carbocycles. The highest BCUT2D eigenvalue weighted by molar-refractivity contribution is 6.42. The highest BCUT2D eigenvalue weighted by Gasteiger charge is 2.27. The molecular formula is C10H12Cl3NO. The summed E-state index contributed by atoms with van der Waals surface area (Å²) in [6.45, 7) is 2.49. The van der Waals surface area contributed by atoms with Crippen LogP contribution in [0.2, 0.25) is 10.0 Å². The first-order valence-electron chi connectivity index (χ1n) is 4.45. The molecule has 15 heavy (non-hydrogen) atoms. The second kappa shape index (κ2) is 4.89. The first-order valence-corrected chi connectivity index (χ1v) is 5.21. The molecule has 0 saturated heterocycles. The molecule has 0 radical (unpaired) electrons. The third kappa shape index (κ3) is 2.24. The largest absolute Gasteiger partial charge is 0.372 e. The third-order valence-corrected chi connectivity index (χ3v) is 3.38. The van der Waals surface area contributed by atoms with Crippen LogP contribution < -0.4 is 5.73 Å². The van der Waals surface area contributed by atoms with Crippen LogP contribution in [0.1, 0.15) is 24.1 Å². The van der Waals surface area contributed by atoms with Gasteiger partial charge in [-0.15, -0.1) is 12.4 Å². The molecule has 0 unspecified atom stereocenters. The Hall–Kier alpha value is 0.01000. The molecule has 0 bridgehead atoms. The summed E-state index contributed by atoms with van der Waals surface area (Å²) in [5, 5.41) is 1.11. The summed E-state index contributed by atoms with van der Waals surface area (Å²) in [5.41, 5.74) is 7.95. The van der Waals surface area contributed by atoms with Crippen LogP contribution in [0.15, 0.2) is 12.1 Å². The van der Waals surface area contributed by atoms with Crippen LogP contribution in [0.5, 0.6) is 0 Å². The third-order valence-electron chi connectivity index (χ3n) is 2.56. The monoisotopic (exact) mass is 267 g/mol. The maximum atomic E-state index is 6.10. The lowest BCUT2D eigenvalue weighted by molar-refractivity contribution is 0.0214. The number of nitrogens with two attached hydrogens (primary N) is 1. The van der Waals surface area contributed by atoms with Gasteiger partial charge in [0.1, 0.15) is 0 Å². The molecule has 0 fully saturated rings. The van der Waals surface area contributed by atoms with Crippen molar-refractivity contribution >= 4 is 35.6 Å². The van der Waals surface area contributed by atoms with Crippen molar-refractivity contribution in [2.45, 2.75) is 25.7 Å². The maximum Gasteiger partial charge on any atom is 0.0744 e.